The van der Waals surface area contributed by atoms with Gasteiger partial charge in [0.25, 0.3) is 10.0 Å². The maximum absolute atomic E-state index is 12.9. The number of ether oxygens (including phenoxy) is 1. The normalized spacial score (nSPS) is 11.2. The number of rotatable bonds is 7. The lowest BCUT2D eigenvalue weighted by atomic mass is 10.1. The zero-order chi connectivity index (χ0) is 22.7. The second-order valence-corrected chi connectivity index (χ2v) is 8.78. The van der Waals surface area contributed by atoms with Gasteiger partial charge in [-0.25, -0.2) is 23.4 Å². The summed E-state index contributed by atoms with van der Waals surface area (Å²) in [5.74, 6) is 1.92. The molecule has 164 valence electrons. The first kappa shape index (κ1) is 21.3. The Bertz CT molecular complexity index is 1340. The lowest BCUT2D eigenvalue weighted by Crippen LogP contribution is -2.14. The average molecular weight is 451 g/mol. The van der Waals surface area contributed by atoms with Crippen molar-refractivity contribution in [2.45, 2.75) is 18.7 Å². The molecule has 0 atom stereocenters. The van der Waals surface area contributed by atoms with Crippen molar-refractivity contribution in [3.05, 3.63) is 78.6 Å². The van der Waals surface area contributed by atoms with Crippen molar-refractivity contribution in [2.24, 2.45) is 0 Å². The Morgan fingerprint density at radius 3 is 2.41 bits per heavy atom. The molecule has 0 bridgehead atoms. The Morgan fingerprint density at radius 1 is 0.969 bits per heavy atom. The van der Waals surface area contributed by atoms with Gasteiger partial charge < -0.3 is 10.1 Å². The topological polar surface area (TPSA) is 111 Å². The van der Waals surface area contributed by atoms with Gasteiger partial charge in [0, 0.05) is 29.8 Å². The van der Waals surface area contributed by atoms with E-state index in [1.54, 1.807) is 79.8 Å². The quantitative estimate of drug-likeness (QED) is 0.440. The number of nitrogens with zero attached hydrogens (tertiary/aromatic N) is 4. The molecule has 0 saturated carbocycles. The van der Waals surface area contributed by atoms with Gasteiger partial charge in [-0.3, -0.25) is 9.29 Å². The number of imidazole rings is 1. The third kappa shape index (κ3) is 4.54. The number of hydrogen-bond donors (Lipinski definition) is 2. The van der Waals surface area contributed by atoms with Crippen molar-refractivity contribution < 1.29 is 13.2 Å². The van der Waals surface area contributed by atoms with E-state index in [9.17, 15) is 8.42 Å². The molecule has 4 rings (SSSR count). The summed E-state index contributed by atoms with van der Waals surface area (Å²) in [5.41, 5.74) is 2.55. The maximum Gasteiger partial charge on any atom is 0.262 e. The van der Waals surface area contributed by atoms with Gasteiger partial charge in [-0.05, 0) is 61.4 Å². The molecule has 0 aliphatic rings. The number of anilines is 3. The summed E-state index contributed by atoms with van der Waals surface area (Å²) < 4.78 is 35.5. The highest BCUT2D eigenvalue weighted by molar-refractivity contribution is 7.92. The molecule has 0 fully saturated rings. The van der Waals surface area contributed by atoms with Crippen LogP contribution in [0.15, 0.2) is 72.4 Å². The number of nitrogens with one attached hydrogen (secondary N) is 2. The van der Waals surface area contributed by atoms with Crippen LogP contribution >= 0.6 is 0 Å². The number of hydrogen-bond acceptors (Lipinski definition) is 7. The Balaban J connectivity index is 1.50. The van der Waals surface area contributed by atoms with Gasteiger partial charge >= 0.3 is 0 Å². The highest BCUT2D eigenvalue weighted by Gasteiger charge is 2.19. The maximum atomic E-state index is 12.9. The first-order valence-electron chi connectivity index (χ1n) is 9.71. The van der Waals surface area contributed by atoms with Crippen LogP contribution in [0, 0.1) is 13.8 Å². The second-order valence-electron chi connectivity index (χ2n) is 7.13. The van der Waals surface area contributed by atoms with Crippen LogP contribution in [0.2, 0.25) is 0 Å². The van der Waals surface area contributed by atoms with Crippen molar-refractivity contribution in [3.8, 4) is 11.6 Å². The molecule has 2 aromatic heterocycles. The van der Waals surface area contributed by atoms with Crippen LogP contribution < -0.4 is 14.8 Å². The Labute approximate surface area is 186 Å². The molecule has 4 aromatic rings. The van der Waals surface area contributed by atoms with Crippen LogP contribution in [0.5, 0.6) is 5.75 Å². The monoisotopic (exact) mass is 450 g/mol. The summed E-state index contributed by atoms with van der Waals surface area (Å²) >= 11 is 0. The van der Waals surface area contributed by atoms with Crippen LogP contribution in [-0.4, -0.2) is 35.0 Å². The third-order valence-electron chi connectivity index (χ3n) is 4.81. The lowest BCUT2D eigenvalue weighted by Gasteiger charge is -2.14. The van der Waals surface area contributed by atoms with Crippen molar-refractivity contribution >= 4 is 27.2 Å². The van der Waals surface area contributed by atoms with E-state index in [2.05, 4.69) is 25.0 Å². The van der Waals surface area contributed by atoms with Gasteiger partial charge in [0.05, 0.1) is 12.0 Å². The Morgan fingerprint density at radius 2 is 1.72 bits per heavy atom. The van der Waals surface area contributed by atoms with E-state index >= 15 is 0 Å². The van der Waals surface area contributed by atoms with Crippen molar-refractivity contribution in [3.63, 3.8) is 0 Å². The Hall–Kier alpha value is -3.92. The van der Waals surface area contributed by atoms with Gasteiger partial charge in [0.2, 0.25) is 0 Å². The zero-order valence-corrected chi connectivity index (χ0v) is 18.6. The third-order valence-corrected chi connectivity index (χ3v) is 6.34. The van der Waals surface area contributed by atoms with Crippen molar-refractivity contribution in [1.82, 2.24) is 19.5 Å². The molecule has 2 aromatic carbocycles. The molecular formula is C22H22N6O3S. The van der Waals surface area contributed by atoms with Crippen LogP contribution in [0.25, 0.3) is 5.82 Å². The number of aryl methyl sites for hydroxylation is 2. The number of sulfonamides is 1. The smallest absolute Gasteiger partial charge is 0.262 e. The molecule has 9 nitrogen and oxygen atoms in total. The van der Waals surface area contributed by atoms with Gasteiger partial charge in [-0.15, -0.1) is 0 Å². The summed E-state index contributed by atoms with van der Waals surface area (Å²) in [6.07, 6.45) is 6.57. The minimum absolute atomic E-state index is 0.214. The molecule has 10 heteroatoms. The van der Waals surface area contributed by atoms with Gasteiger partial charge in [0.15, 0.2) is 0 Å². The summed E-state index contributed by atoms with van der Waals surface area (Å²) in [7, 11) is -2.19. The largest absolute Gasteiger partial charge is 0.496 e. The Kier molecular flexibility index (Phi) is 5.78. The van der Waals surface area contributed by atoms with Crippen LogP contribution in [0.3, 0.4) is 0 Å². The SMILES string of the molecule is COc1cc(C)c(S(=O)(=O)Nc2ccc(Nc3cc(-n4ccnc4)ncn3)cc2)cc1C. The summed E-state index contributed by atoms with van der Waals surface area (Å²) in [6.45, 7) is 3.55. The molecule has 0 aliphatic carbocycles. The highest BCUT2D eigenvalue weighted by atomic mass is 32.2. The molecule has 0 unspecified atom stereocenters. The van der Waals surface area contributed by atoms with E-state index in [1.165, 1.54) is 6.33 Å². The molecule has 2 heterocycles. The molecular weight excluding hydrogens is 428 g/mol. The molecule has 0 saturated heterocycles. The van der Waals surface area contributed by atoms with Crippen LogP contribution in [0.4, 0.5) is 17.2 Å². The first-order valence-corrected chi connectivity index (χ1v) is 11.2. The molecule has 0 amide bonds. The number of benzene rings is 2. The summed E-state index contributed by atoms with van der Waals surface area (Å²) in [6, 6.07) is 12.0. The number of methoxy groups -OCH3 is 1. The predicted octanol–water partition coefficient (Wildman–Crippen LogP) is 3.83. The fourth-order valence-corrected chi connectivity index (χ4v) is 4.57. The van der Waals surface area contributed by atoms with Crippen molar-refractivity contribution in [2.75, 3.05) is 17.1 Å². The van der Waals surface area contributed by atoms with Crippen molar-refractivity contribution in [1.29, 1.82) is 0 Å². The number of aromatic nitrogens is 4. The van der Waals surface area contributed by atoms with Crippen LogP contribution in [0.1, 0.15) is 11.1 Å². The fourth-order valence-electron chi connectivity index (χ4n) is 3.20. The van der Waals surface area contributed by atoms with Gasteiger partial charge in [0.1, 0.15) is 30.0 Å². The van der Waals surface area contributed by atoms with E-state index in [1.807, 2.05) is 6.92 Å². The fraction of sp³-hybridized carbons (Fsp3) is 0.136. The summed E-state index contributed by atoms with van der Waals surface area (Å²) in [5, 5.41) is 3.18. The van der Waals surface area contributed by atoms with E-state index in [-0.39, 0.29) is 4.90 Å². The molecule has 32 heavy (non-hydrogen) atoms. The van der Waals surface area contributed by atoms with E-state index in [4.69, 9.17) is 4.74 Å². The van der Waals surface area contributed by atoms with Gasteiger partial charge in [-0.1, -0.05) is 0 Å². The zero-order valence-electron chi connectivity index (χ0n) is 17.8. The molecule has 0 spiro atoms. The standard InChI is InChI=1S/C22H22N6O3S/c1-15-11-20(16(2)10-19(15)31-3)32(29,30)27-18-6-4-17(5-7-18)26-21-12-22(25-13-24-21)28-9-8-23-14-28/h4-14,27H,1-3H3,(H,24,25,26). The highest BCUT2D eigenvalue weighted by Crippen LogP contribution is 2.27. The van der Waals surface area contributed by atoms with Gasteiger partial charge in [-0.2, -0.15) is 0 Å². The predicted molar refractivity (Wildman–Crippen MR) is 122 cm³/mol. The first-order chi connectivity index (χ1) is 15.4. The van der Waals surface area contributed by atoms with Crippen LogP contribution in [-0.2, 0) is 10.0 Å². The second kappa shape index (κ2) is 8.67. The minimum Gasteiger partial charge on any atom is -0.496 e. The molecule has 0 aliphatic heterocycles. The lowest BCUT2D eigenvalue weighted by molar-refractivity contribution is 0.411. The molecule has 0 radical (unpaired) electrons. The summed E-state index contributed by atoms with van der Waals surface area (Å²) in [4.78, 5) is 12.7. The van der Waals surface area contributed by atoms with E-state index < -0.39 is 10.0 Å². The molecule has 2 N–H and O–H groups in total. The average Bonchev–Trinajstić information content (AvgIpc) is 3.31. The van der Waals surface area contributed by atoms with E-state index in [0.717, 1.165) is 11.3 Å². The minimum atomic E-state index is -3.75. The van der Waals surface area contributed by atoms with E-state index in [0.29, 0.717) is 28.6 Å².